The molecule has 232 valence electrons. The molecule has 9 heteroatoms. The summed E-state index contributed by atoms with van der Waals surface area (Å²) in [5.74, 6) is 0.202. The molecule has 0 aliphatic rings. The van der Waals surface area contributed by atoms with Crippen LogP contribution in [-0.4, -0.2) is 57.2 Å². The molecule has 5 aromatic rings. The molecule has 0 spiro atoms. The van der Waals surface area contributed by atoms with Crippen LogP contribution in [0.1, 0.15) is 37.1 Å². The number of fused-ring (bicyclic) bond motifs is 1. The maximum atomic E-state index is 14.8. The van der Waals surface area contributed by atoms with E-state index < -0.39 is 0 Å². The Labute approximate surface area is 264 Å². The number of nitrogens with one attached hydrogen (secondary N) is 4. The highest BCUT2D eigenvalue weighted by molar-refractivity contribution is 5.94. The first-order valence-electron chi connectivity index (χ1n) is 15.1. The number of hydrogen-bond donors (Lipinski definition) is 4. The first-order chi connectivity index (χ1) is 21.6. The lowest BCUT2D eigenvalue weighted by molar-refractivity contribution is 0.425. The summed E-state index contributed by atoms with van der Waals surface area (Å²) >= 11 is 0. The largest absolute Gasteiger partial charge is 0.384 e. The molecule has 8 nitrogen and oxygen atoms in total. The summed E-state index contributed by atoms with van der Waals surface area (Å²) in [5, 5.41) is 15.2. The number of nitrogens with zero attached hydrogens (tertiary/aromatic N) is 4. The molecule has 1 aromatic carbocycles. The average molecular weight is 605 g/mol. The average Bonchev–Trinajstić information content (AvgIpc) is 3.57. The van der Waals surface area contributed by atoms with Gasteiger partial charge in [0.25, 0.3) is 0 Å². The van der Waals surface area contributed by atoms with Crippen molar-refractivity contribution in [1.29, 1.82) is 0 Å². The second-order valence-electron chi connectivity index (χ2n) is 12.0. The van der Waals surface area contributed by atoms with E-state index in [-0.39, 0.29) is 5.82 Å². The minimum absolute atomic E-state index is 0.306. The number of rotatable bonds is 13. The van der Waals surface area contributed by atoms with E-state index in [1.54, 1.807) is 24.5 Å². The number of aromatic amines is 2. The van der Waals surface area contributed by atoms with E-state index in [9.17, 15) is 4.39 Å². The van der Waals surface area contributed by atoms with E-state index in [4.69, 9.17) is 0 Å². The van der Waals surface area contributed by atoms with Gasteiger partial charge in [-0.25, -0.2) is 9.37 Å². The number of H-pyrrole nitrogens is 2. The Bertz CT molecular complexity index is 1860. The number of allylic oxidation sites excluding steroid dienone is 3. The maximum Gasteiger partial charge on any atom is 0.181 e. The lowest BCUT2D eigenvalue weighted by atomic mass is 9.96. The van der Waals surface area contributed by atoms with Crippen molar-refractivity contribution < 1.29 is 4.39 Å². The molecule has 0 radical (unpaired) electrons. The molecular weight excluding hydrogens is 563 g/mol. The van der Waals surface area contributed by atoms with Crippen molar-refractivity contribution in [3.8, 4) is 22.5 Å². The predicted molar refractivity (Wildman–Crippen MR) is 185 cm³/mol. The van der Waals surface area contributed by atoms with Gasteiger partial charge in [-0.05, 0) is 80.9 Å². The highest BCUT2D eigenvalue weighted by Crippen LogP contribution is 2.35. The smallest absolute Gasteiger partial charge is 0.181 e. The van der Waals surface area contributed by atoms with Gasteiger partial charge in [0.05, 0.1) is 23.3 Å². The molecule has 5 rings (SSSR count). The van der Waals surface area contributed by atoms with Gasteiger partial charge in [0.1, 0.15) is 5.82 Å². The van der Waals surface area contributed by atoms with Gasteiger partial charge in [0, 0.05) is 64.6 Å². The Morgan fingerprint density at radius 2 is 1.84 bits per heavy atom. The molecule has 0 amide bonds. The number of pyridine rings is 2. The molecule has 4 aromatic heterocycles. The number of aromatic nitrogens is 5. The third-order valence-electron chi connectivity index (χ3n) is 7.41. The van der Waals surface area contributed by atoms with E-state index in [1.165, 1.54) is 6.07 Å². The van der Waals surface area contributed by atoms with Crippen LogP contribution in [-0.2, 0) is 0 Å². The summed E-state index contributed by atoms with van der Waals surface area (Å²) in [7, 11) is 4.02. The standard InChI is InChI=1S/C36H41FN8/c1-8-9-31(25-13-28(37)17-29(14-25)39-10-11-45(6)7)32-18-34(42-24(32)5)35-33-16-27(20-40-36(33)44-43-35)26-15-30(21-38-19-26)41-23(4)12-22(2)3/h8-9,13-22,39,41-42H,1,4,10-12H2,2-3,5-7H3,(H,40,43,44)/b31-9-. The fourth-order valence-corrected chi connectivity index (χ4v) is 5.38. The van der Waals surface area contributed by atoms with Gasteiger partial charge in [0.15, 0.2) is 5.65 Å². The van der Waals surface area contributed by atoms with Gasteiger partial charge in [-0.1, -0.05) is 39.2 Å². The second kappa shape index (κ2) is 13.7. The van der Waals surface area contributed by atoms with Crippen LogP contribution < -0.4 is 10.6 Å². The highest BCUT2D eigenvalue weighted by atomic mass is 19.1. The van der Waals surface area contributed by atoms with Gasteiger partial charge in [0.2, 0.25) is 0 Å². The van der Waals surface area contributed by atoms with Gasteiger partial charge in [-0.3, -0.25) is 10.1 Å². The van der Waals surface area contributed by atoms with Crippen molar-refractivity contribution in [3.05, 3.63) is 109 Å². The second-order valence-corrected chi connectivity index (χ2v) is 12.0. The van der Waals surface area contributed by atoms with Crippen LogP contribution in [0.3, 0.4) is 0 Å². The van der Waals surface area contributed by atoms with Crippen molar-refractivity contribution in [1.82, 2.24) is 30.0 Å². The summed E-state index contributed by atoms with van der Waals surface area (Å²) in [6, 6.07) is 11.2. The maximum absolute atomic E-state index is 14.8. The molecule has 0 fully saturated rings. The Hall–Kier alpha value is -5.02. The number of halogens is 1. The van der Waals surface area contributed by atoms with E-state index in [0.29, 0.717) is 18.1 Å². The Morgan fingerprint density at radius 1 is 1.04 bits per heavy atom. The van der Waals surface area contributed by atoms with Crippen LogP contribution in [0.15, 0.2) is 86.0 Å². The van der Waals surface area contributed by atoms with Crippen LogP contribution in [0, 0.1) is 18.7 Å². The van der Waals surface area contributed by atoms with Crippen LogP contribution in [0.4, 0.5) is 15.8 Å². The van der Waals surface area contributed by atoms with E-state index in [0.717, 1.165) is 80.3 Å². The number of anilines is 2. The summed E-state index contributed by atoms with van der Waals surface area (Å²) < 4.78 is 14.8. The Morgan fingerprint density at radius 3 is 2.60 bits per heavy atom. The SMILES string of the molecule is C=C/C=C(/c1cc(F)cc(NCCN(C)C)c1)c1cc(-c2[nH]nc3ncc(-c4cncc(NC(=C)CC(C)C)c4)cc23)[nH]c1C. The molecule has 0 aliphatic carbocycles. The van der Waals surface area contributed by atoms with E-state index >= 15 is 0 Å². The zero-order valence-electron chi connectivity index (χ0n) is 26.6. The lowest BCUT2D eigenvalue weighted by Crippen LogP contribution is -2.20. The number of hydrogen-bond acceptors (Lipinski definition) is 6. The van der Waals surface area contributed by atoms with Crippen molar-refractivity contribution in [2.24, 2.45) is 5.92 Å². The lowest BCUT2D eigenvalue weighted by Gasteiger charge is -2.14. The molecule has 0 aliphatic heterocycles. The fourth-order valence-electron chi connectivity index (χ4n) is 5.38. The Balaban J connectivity index is 1.47. The minimum Gasteiger partial charge on any atom is -0.384 e. The van der Waals surface area contributed by atoms with Crippen LogP contribution >= 0.6 is 0 Å². The summed E-state index contributed by atoms with van der Waals surface area (Å²) in [6.07, 6.45) is 9.94. The zero-order chi connectivity index (χ0) is 32.1. The third-order valence-corrected chi connectivity index (χ3v) is 7.41. The Kier molecular flexibility index (Phi) is 9.59. The van der Waals surface area contributed by atoms with E-state index in [1.807, 2.05) is 45.4 Å². The first-order valence-corrected chi connectivity index (χ1v) is 15.1. The van der Waals surface area contributed by atoms with Crippen LogP contribution in [0.25, 0.3) is 39.1 Å². The van der Waals surface area contributed by atoms with Gasteiger partial charge >= 0.3 is 0 Å². The van der Waals surface area contributed by atoms with Crippen molar-refractivity contribution >= 4 is 28.0 Å². The monoisotopic (exact) mass is 604 g/mol. The van der Waals surface area contributed by atoms with E-state index in [2.05, 4.69) is 79.8 Å². The number of benzene rings is 1. The molecular formula is C36H41FN8. The van der Waals surface area contributed by atoms with Crippen LogP contribution in [0.5, 0.6) is 0 Å². The summed E-state index contributed by atoms with van der Waals surface area (Å²) in [5.41, 5.74) is 10.2. The summed E-state index contributed by atoms with van der Waals surface area (Å²) in [4.78, 5) is 14.7. The number of aryl methyl sites for hydroxylation is 1. The fraction of sp³-hybridized carbons (Fsp3) is 0.250. The molecule has 4 heterocycles. The topological polar surface area (TPSA) is 97.6 Å². The number of likely N-dealkylation sites (N-methyl/N-ethyl adjacent to an activating group) is 1. The molecule has 45 heavy (non-hydrogen) atoms. The summed E-state index contributed by atoms with van der Waals surface area (Å²) in [6.45, 7) is 16.0. The predicted octanol–water partition coefficient (Wildman–Crippen LogP) is 8.03. The molecule has 0 unspecified atom stereocenters. The molecule has 0 atom stereocenters. The zero-order valence-corrected chi connectivity index (χ0v) is 26.6. The van der Waals surface area contributed by atoms with Gasteiger partial charge in [-0.15, -0.1) is 0 Å². The van der Waals surface area contributed by atoms with Crippen LogP contribution in [0.2, 0.25) is 0 Å². The van der Waals surface area contributed by atoms with Gasteiger partial charge in [-0.2, -0.15) is 5.10 Å². The van der Waals surface area contributed by atoms with Crippen molar-refractivity contribution in [3.63, 3.8) is 0 Å². The van der Waals surface area contributed by atoms with Crippen molar-refractivity contribution in [2.75, 3.05) is 37.8 Å². The highest BCUT2D eigenvalue weighted by Gasteiger charge is 2.18. The first kappa shape index (κ1) is 31.4. The minimum atomic E-state index is -0.306. The molecule has 0 saturated heterocycles. The quantitative estimate of drug-likeness (QED) is 0.102. The normalized spacial score (nSPS) is 11.9. The van der Waals surface area contributed by atoms with Crippen molar-refractivity contribution in [2.45, 2.75) is 27.2 Å². The molecule has 0 bridgehead atoms. The molecule has 4 N–H and O–H groups in total. The molecule has 0 saturated carbocycles. The van der Waals surface area contributed by atoms with Gasteiger partial charge < -0.3 is 20.5 Å². The third kappa shape index (κ3) is 7.56.